The Morgan fingerprint density at radius 3 is 2.26 bits per heavy atom. The number of ether oxygens (including phenoxy) is 1. The molecule has 0 bridgehead atoms. The van der Waals surface area contributed by atoms with Gasteiger partial charge in [-0.1, -0.05) is 48.5 Å². The van der Waals surface area contributed by atoms with Gasteiger partial charge in [0, 0.05) is 30.3 Å². The predicted molar refractivity (Wildman–Crippen MR) is 133 cm³/mol. The molecule has 2 aliphatic carbocycles. The van der Waals surface area contributed by atoms with Crippen LogP contribution in [-0.4, -0.2) is 41.3 Å². The first-order chi connectivity index (χ1) is 16.7. The number of fused-ring (bicyclic) bond motifs is 3. The summed E-state index contributed by atoms with van der Waals surface area (Å²) in [5, 5.41) is 14.8. The van der Waals surface area contributed by atoms with Crippen LogP contribution in [0.4, 0.5) is 4.79 Å². The minimum absolute atomic E-state index is 0.0107. The minimum atomic E-state index is -0.870. The van der Waals surface area contributed by atoms with Crippen molar-refractivity contribution in [3.63, 3.8) is 0 Å². The van der Waals surface area contributed by atoms with E-state index in [-0.39, 0.29) is 36.8 Å². The number of benzene rings is 2. The van der Waals surface area contributed by atoms with Gasteiger partial charge in [0.25, 0.3) is 0 Å². The molecule has 1 saturated carbocycles. The van der Waals surface area contributed by atoms with Gasteiger partial charge < -0.3 is 20.5 Å². The lowest BCUT2D eigenvalue weighted by Gasteiger charge is -2.26. The number of aliphatic carboxylic acids is 1. The van der Waals surface area contributed by atoms with Crippen molar-refractivity contribution in [1.82, 2.24) is 10.6 Å². The Hall–Kier alpha value is -3.35. The van der Waals surface area contributed by atoms with Crippen molar-refractivity contribution < 1.29 is 24.2 Å². The molecule has 0 aliphatic heterocycles. The molecule has 0 spiro atoms. The van der Waals surface area contributed by atoms with Gasteiger partial charge >= 0.3 is 12.1 Å². The van der Waals surface area contributed by atoms with Crippen molar-refractivity contribution in [2.24, 2.45) is 5.92 Å². The van der Waals surface area contributed by atoms with Crippen molar-refractivity contribution in [2.45, 2.75) is 69.9 Å². The summed E-state index contributed by atoms with van der Waals surface area (Å²) in [5.74, 6) is -0.737. The predicted octanol–water partition coefficient (Wildman–Crippen LogP) is 4.84. The van der Waals surface area contributed by atoms with Crippen LogP contribution in [0.5, 0.6) is 0 Å². The van der Waals surface area contributed by atoms with Gasteiger partial charge in [-0.05, 0) is 67.7 Å². The fraction of sp³-hybridized carbons (Fsp3) is 0.464. The van der Waals surface area contributed by atoms with Crippen molar-refractivity contribution in [1.29, 1.82) is 0 Å². The molecule has 0 heterocycles. The summed E-state index contributed by atoms with van der Waals surface area (Å²) in [4.78, 5) is 35.8. The fourth-order valence-corrected chi connectivity index (χ4v) is 5.37. The number of hydrogen-bond acceptors (Lipinski definition) is 4. The number of amides is 2. The van der Waals surface area contributed by atoms with Gasteiger partial charge in [-0.15, -0.1) is 0 Å². The first kappa shape index (κ1) is 24.8. The van der Waals surface area contributed by atoms with Crippen molar-refractivity contribution in [3.8, 4) is 11.1 Å². The monoisotopic (exact) mass is 478 g/mol. The molecule has 2 unspecified atom stereocenters. The van der Waals surface area contributed by atoms with E-state index in [0.717, 1.165) is 19.3 Å². The van der Waals surface area contributed by atoms with Crippen LogP contribution < -0.4 is 10.6 Å². The summed E-state index contributed by atoms with van der Waals surface area (Å²) >= 11 is 0. The van der Waals surface area contributed by atoms with E-state index in [0.29, 0.717) is 12.8 Å². The quantitative estimate of drug-likeness (QED) is 0.478. The van der Waals surface area contributed by atoms with Gasteiger partial charge in [0.05, 0.1) is 0 Å². The zero-order chi connectivity index (χ0) is 25.0. The summed E-state index contributed by atoms with van der Waals surface area (Å²) in [6, 6.07) is 16.5. The van der Waals surface area contributed by atoms with Crippen molar-refractivity contribution >= 4 is 18.0 Å². The summed E-state index contributed by atoms with van der Waals surface area (Å²) in [5.41, 5.74) is 4.19. The van der Waals surface area contributed by atoms with E-state index >= 15 is 0 Å². The molecular formula is C28H34N2O5. The maximum atomic E-state index is 12.6. The zero-order valence-electron chi connectivity index (χ0n) is 20.4. The van der Waals surface area contributed by atoms with Crippen molar-refractivity contribution in [2.75, 3.05) is 6.61 Å². The molecule has 0 saturated heterocycles. The molecular weight excluding hydrogens is 444 g/mol. The maximum absolute atomic E-state index is 12.6. The number of hydrogen-bond donors (Lipinski definition) is 3. The first-order valence-electron chi connectivity index (χ1n) is 12.4. The van der Waals surface area contributed by atoms with Crippen LogP contribution in [0.15, 0.2) is 48.5 Å². The minimum Gasteiger partial charge on any atom is -0.481 e. The lowest BCUT2D eigenvalue weighted by molar-refractivity contribution is -0.137. The summed E-state index contributed by atoms with van der Waals surface area (Å²) in [6.45, 7) is 3.96. The van der Waals surface area contributed by atoms with Crippen LogP contribution in [0.25, 0.3) is 11.1 Å². The third kappa shape index (κ3) is 6.21. The number of carbonyl (C=O) groups is 3. The lowest BCUT2D eigenvalue weighted by atomic mass is 9.96. The van der Waals surface area contributed by atoms with E-state index in [1.54, 1.807) is 0 Å². The lowest BCUT2D eigenvalue weighted by Crippen LogP contribution is -2.44. The van der Waals surface area contributed by atoms with Gasteiger partial charge in [0.1, 0.15) is 6.61 Å². The Kier molecular flexibility index (Phi) is 7.43. The second kappa shape index (κ2) is 10.5. The Bertz CT molecular complexity index is 1050. The first-order valence-corrected chi connectivity index (χ1v) is 12.4. The van der Waals surface area contributed by atoms with Crippen LogP contribution in [0.2, 0.25) is 0 Å². The molecule has 4 rings (SSSR count). The highest BCUT2D eigenvalue weighted by molar-refractivity contribution is 5.79. The third-order valence-corrected chi connectivity index (χ3v) is 7.12. The van der Waals surface area contributed by atoms with E-state index in [4.69, 9.17) is 9.84 Å². The zero-order valence-corrected chi connectivity index (χ0v) is 20.4. The Balaban J connectivity index is 1.23. The summed E-state index contributed by atoms with van der Waals surface area (Å²) < 4.78 is 5.65. The number of alkyl carbamates (subject to hydrolysis) is 1. The topological polar surface area (TPSA) is 105 Å². The highest BCUT2D eigenvalue weighted by atomic mass is 16.5. The van der Waals surface area contributed by atoms with Crippen LogP contribution in [0.1, 0.15) is 69.4 Å². The van der Waals surface area contributed by atoms with E-state index in [9.17, 15) is 14.4 Å². The molecule has 0 radical (unpaired) electrons. The number of carboxylic acids is 1. The number of nitrogens with one attached hydrogen (secondary N) is 2. The second-order valence-electron chi connectivity index (χ2n) is 10.4. The molecule has 0 aromatic heterocycles. The summed E-state index contributed by atoms with van der Waals surface area (Å²) in [7, 11) is 0. The smallest absolute Gasteiger partial charge is 0.407 e. The Morgan fingerprint density at radius 2 is 1.63 bits per heavy atom. The SMILES string of the molecule is CC(C)(CCC(=O)O)NC(=O)CC1CCC(NC(=O)OCC2c3ccccc3-c3ccccc32)C1. The molecule has 1 fully saturated rings. The summed E-state index contributed by atoms with van der Waals surface area (Å²) in [6.07, 6.45) is 2.75. The largest absolute Gasteiger partial charge is 0.481 e. The van der Waals surface area contributed by atoms with Gasteiger partial charge in [0.15, 0.2) is 0 Å². The standard InChI is InChI=1S/C28H34N2O5/c1-28(2,14-13-26(32)33)30-25(31)16-18-11-12-19(15-18)29-27(34)35-17-24-22-9-5-3-7-20(22)21-8-4-6-10-23(21)24/h3-10,18-19,24H,11-17H2,1-2H3,(H,29,34)(H,30,31)(H,32,33). The average molecular weight is 479 g/mol. The maximum Gasteiger partial charge on any atom is 0.407 e. The highest BCUT2D eigenvalue weighted by Gasteiger charge is 2.31. The normalized spacial score (nSPS) is 19.0. The van der Waals surface area contributed by atoms with E-state index < -0.39 is 17.6 Å². The Morgan fingerprint density at radius 1 is 1.00 bits per heavy atom. The van der Waals surface area contributed by atoms with Gasteiger partial charge in [-0.3, -0.25) is 9.59 Å². The molecule has 2 amide bonds. The van der Waals surface area contributed by atoms with Crippen molar-refractivity contribution in [3.05, 3.63) is 59.7 Å². The number of carboxylic acid groups (broad SMARTS) is 1. The van der Waals surface area contributed by atoms with Gasteiger partial charge in [0.2, 0.25) is 5.91 Å². The molecule has 2 aliphatic rings. The van der Waals surface area contributed by atoms with Crippen LogP contribution >= 0.6 is 0 Å². The molecule has 7 heteroatoms. The fourth-order valence-electron chi connectivity index (χ4n) is 5.37. The molecule has 186 valence electrons. The Labute approximate surface area is 206 Å². The molecule has 2 atom stereocenters. The second-order valence-corrected chi connectivity index (χ2v) is 10.4. The van der Waals surface area contributed by atoms with Crippen LogP contribution in [0, 0.1) is 5.92 Å². The third-order valence-electron chi connectivity index (χ3n) is 7.12. The van der Waals surface area contributed by atoms with E-state index in [1.165, 1.54) is 22.3 Å². The molecule has 2 aromatic rings. The van der Waals surface area contributed by atoms with Crippen LogP contribution in [0.3, 0.4) is 0 Å². The van der Waals surface area contributed by atoms with E-state index in [2.05, 4.69) is 34.9 Å². The van der Waals surface area contributed by atoms with Crippen LogP contribution in [-0.2, 0) is 14.3 Å². The van der Waals surface area contributed by atoms with E-state index in [1.807, 2.05) is 38.1 Å². The number of carbonyl (C=O) groups excluding carboxylic acids is 2. The number of rotatable bonds is 9. The average Bonchev–Trinajstić information content (AvgIpc) is 3.37. The molecule has 2 aromatic carbocycles. The molecule has 35 heavy (non-hydrogen) atoms. The highest BCUT2D eigenvalue weighted by Crippen LogP contribution is 2.44. The molecule has 7 nitrogen and oxygen atoms in total. The van der Waals surface area contributed by atoms with Gasteiger partial charge in [-0.25, -0.2) is 4.79 Å². The molecule has 3 N–H and O–H groups in total. The van der Waals surface area contributed by atoms with Gasteiger partial charge in [-0.2, -0.15) is 0 Å².